The summed E-state index contributed by atoms with van der Waals surface area (Å²) in [5.74, 6) is 0.123. The normalized spacial score (nSPS) is 10.4. The highest BCUT2D eigenvalue weighted by atomic mass is 16.5. The summed E-state index contributed by atoms with van der Waals surface area (Å²) in [5.41, 5.74) is 0. The Bertz CT molecular complexity index is 383. The van der Waals surface area contributed by atoms with Gasteiger partial charge < -0.3 is 14.8 Å². The monoisotopic (exact) mass is 253 g/mol. The standard InChI is InChI=1S/C12H19N3O3/c1-9(2)18-8-4-6-13-10-5-7-14-11(15-10)12(16)17-3/h5,7,9H,4,6,8H2,1-3H3,(H,13,14,15). The van der Waals surface area contributed by atoms with E-state index < -0.39 is 5.97 Å². The molecule has 1 N–H and O–H groups in total. The van der Waals surface area contributed by atoms with Crippen LogP contribution >= 0.6 is 0 Å². The van der Waals surface area contributed by atoms with Gasteiger partial charge in [0.15, 0.2) is 0 Å². The number of esters is 1. The van der Waals surface area contributed by atoms with Crippen LogP contribution in [0.1, 0.15) is 30.9 Å². The quantitative estimate of drug-likeness (QED) is 0.586. The number of hydrogen-bond acceptors (Lipinski definition) is 6. The van der Waals surface area contributed by atoms with Crippen LogP contribution in [0, 0.1) is 0 Å². The SMILES string of the molecule is COC(=O)c1nccc(NCCCOC(C)C)n1. The maximum atomic E-state index is 11.2. The van der Waals surface area contributed by atoms with Crippen molar-refractivity contribution < 1.29 is 14.3 Å². The second-order valence-corrected chi connectivity index (χ2v) is 3.96. The molecule has 0 radical (unpaired) electrons. The molecule has 1 aromatic rings. The van der Waals surface area contributed by atoms with Gasteiger partial charge in [-0.05, 0) is 26.3 Å². The number of nitrogens with one attached hydrogen (secondary N) is 1. The van der Waals surface area contributed by atoms with Crippen LogP contribution in [0.25, 0.3) is 0 Å². The van der Waals surface area contributed by atoms with E-state index in [1.165, 1.54) is 13.3 Å². The average molecular weight is 253 g/mol. The lowest BCUT2D eigenvalue weighted by atomic mass is 10.4. The Morgan fingerprint density at radius 3 is 2.94 bits per heavy atom. The van der Waals surface area contributed by atoms with Crippen molar-refractivity contribution in [2.45, 2.75) is 26.4 Å². The molecule has 18 heavy (non-hydrogen) atoms. The highest BCUT2D eigenvalue weighted by Crippen LogP contribution is 2.03. The first-order chi connectivity index (χ1) is 8.63. The van der Waals surface area contributed by atoms with Gasteiger partial charge in [0.25, 0.3) is 0 Å². The molecule has 0 fully saturated rings. The number of aromatic nitrogens is 2. The number of nitrogens with zero attached hydrogens (tertiary/aromatic N) is 2. The second-order valence-electron chi connectivity index (χ2n) is 3.96. The van der Waals surface area contributed by atoms with Crippen LogP contribution in [-0.2, 0) is 9.47 Å². The summed E-state index contributed by atoms with van der Waals surface area (Å²) in [7, 11) is 1.30. The molecule has 0 unspecified atom stereocenters. The number of hydrogen-bond donors (Lipinski definition) is 1. The molecule has 0 saturated heterocycles. The Hall–Kier alpha value is -1.69. The molecule has 0 aliphatic rings. The van der Waals surface area contributed by atoms with E-state index in [4.69, 9.17) is 4.74 Å². The molecule has 1 heterocycles. The van der Waals surface area contributed by atoms with E-state index in [0.717, 1.165) is 13.0 Å². The minimum absolute atomic E-state index is 0.0564. The van der Waals surface area contributed by atoms with Crippen molar-refractivity contribution in [3.63, 3.8) is 0 Å². The van der Waals surface area contributed by atoms with Gasteiger partial charge in [-0.3, -0.25) is 0 Å². The molecule has 0 saturated carbocycles. The summed E-state index contributed by atoms with van der Waals surface area (Å²) < 4.78 is 9.96. The predicted octanol–water partition coefficient (Wildman–Crippen LogP) is 1.49. The van der Waals surface area contributed by atoms with Crippen LogP contribution in [0.4, 0.5) is 5.82 Å². The molecule has 1 aromatic heterocycles. The first kappa shape index (κ1) is 14.4. The van der Waals surface area contributed by atoms with Gasteiger partial charge in [0.2, 0.25) is 5.82 Å². The zero-order chi connectivity index (χ0) is 13.4. The van der Waals surface area contributed by atoms with Crippen LogP contribution in [0.3, 0.4) is 0 Å². The van der Waals surface area contributed by atoms with Gasteiger partial charge >= 0.3 is 5.97 Å². The maximum absolute atomic E-state index is 11.2. The summed E-state index contributed by atoms with van der Waals surface area (Å²) in [5, 5.41) is 3.10. The van der Waals surface area contributed by atoms with Crippen molar-refractivity contribution in [2.24, 2.45) is 0 Å². The number of methoxy groups -OCH3 is 1. The average Bonchev–Trinajstić information content (AvgIpc) is 2.37. The van der Waals surface area contributed by atoms with E-state index in [9.17, 15) is 4.79 Å². The molecule has 6 heteroatoms. The summed E-state index contributed by atoms with van der Waals surface area (Å²) in [6.45, 7) is 5.42. The minimum Gasteiger partial charge on any atom is -0.463 e. The van der Waals surface area contributed by atoms with Crippen molar-refractivity contribution in [1.29, 1.82) is 0 Å². The molecule has 0 spiro atoms. The van der Waals surface area contributed by atoms with Crippen molar-refractivity contribution in [1.82, 2.24) is 9.97 Å². The fraction of sp³-hybridized carbons (Fsp3) is 0.583. The molecule has 100 valence electrons. The number of carbonyl (C=O) groups excluding carboxylic acids is 1. The zero-order valence-corrected chi connectivity index (χ0v) is 11.0. The zero-order valence-electron chi connectivity index (χ0n) is 11.0. The molecular weight excluding hydrogens is 234 g/mol. The lowest BCUT2D eigenvalue weighted by Crippen LogP contribution is -2.12. The van der Waals surface area contributed by atoms with Crippen molar-refractivity contribution >= 4 is 11.8 Å². The van der Waals surface area contributed by atoms with Gasteiger partial charge in [0, 0.05) is 19.3 Å². The van der Waals surface area contributed by atoms with E-state index in [2.05, 4.69) is 20.0 Å². The van der Waals surface area contributed by atoms with Crippen molar-refractivity contribution in [3.8, 4) is 0 Å². The molecule has 1 rings (SSSR count). The first-order valence-electron chi connectivity index (χ1n) is 5.90. The topological polar surface area (TPSA) is 73.3 Å². The number of anilines is 1. The van der Waals surface area contributed by atoms with E-state index >= 15 is 0 Å². The van der Waals surface area contributed by atoms with Crippen LogP contribution < -0.4 is 5.32 Å². The molecular formula is C12H19N3O3. The highest BCUT2D eigenvalue weighted by molar-refractivity contribution is 5.85. The lowest BCUT2D eigenvalue weighted by molar-refractivity contribution is 0.0586. The van der Waals surface area contributed by atoms with E-state index in [1.807, 2.05) is 13.8 Å². The Morgan fingerprint density at radius 1 is 1.50 bits per heavy atom. The Labute approximate surface area is 107 Å². The molecule has 0 atom stereocenters. The number of rotatable bonds is 7. The third-order valence-electron chi connectivity index (χ3n) is 2.10. The largest absolute Gasteiger partial charge is 0.463 e. The smallest absolute Gasteiger partial charge is 0.376 e. The third-order valence-corrected chi connectivity index (χ3v) is 2.10. The molecule has 0 aliphatic heterocycles. The summed E-state index contributed by atoms with van der Waals surface area (Å²) in [4.78, 5) is 19.1. The molecule has 0 amide bonds. The van der Waals surface area contributed by atoms with Gasteiger partial charge in [-0.15, -0.1) is 0 Å². The third kappa shape index (κ3) is 5.09. The van der Waals surface area contributed by atoms with E-state index in [0.29, 0.717) is 12.4 Å². The number of ether oxygens (including phenoxy) is 2. The van der Waals surface area contributed by atoms with Crippen molar-refractivity contribution in [3.05, 3.63) is 18.1 Å². The lowest BCUT2D eigenvalue weighted by Gasteiger charge is -2.08. The van der Waals surface area contributed by atoms with Crippen LogP contribution in [0.5, 0.6) is 0 Å². The fourth-order valence-electron chi connectivity index (χ4n) is 1.25. The first-order valence-corrected chi connectivity index (χ1v) is 5.90. The van der Waals surface area contributed by atoms with Crippen LogP contribution in [0.15, 0.2) is 12.3 Å². The van der Waals surface area contributed by atoms with Gasteiger partial charge in [0.05, 0.1) is 13.2 Å². The van der Waals surface area contributed by atoms with E-state index in [1.54, 1.807) is 6.07 Å². The van der Waals surface area contributed by atoms with Gasteiger partial charge in [-0.1, -0.05) is 0 Å². The van der Waals surface area contributed by atoms with Crippen molar-refractivity contribution in [2.75, 3.05) is 25.6 Å². The predicted molar refractivity (Wildman–Crippen MR) is 67.6 cm³/mol. The second kappa shape index (κ2) is 7.60. The van der Waals surface area contributed by atoms with Crippen LogP contribution in [-0.4, -0.2) is 42.3 Å². The van der Waals surface area contributed by atoms with Crippen LogP contribution in [0.2, 0.25) is 0 Å². The van der Waals surface area contributed by atoms with Gasteiger partial charge in [-0.25, -0.2) is 14.8 Å². The molecule has 0 bridgehead atoms. The van der Waals surface area contributed by atoms with Gasteiger partial charge in [0.1, 0.15) is 5.82 Å². The summed E-state index contributed by atoms with van der Waals surface area (Å²) in [6.07, 6.45) is 2.64. The number of carbonyl (C=O) groups is 1. The Balaban J connectivity index is 2.36. The Morgan fingerprint density at radius 2 is 2.28 bits per heavy atom. The van der Waals surface area contributed by atoms with E-state index in [-0.39, 0.29) is 11.9 Å². The fourth-order valence-corrected chi connectivity index (χ4v) is 1.25. The minimum atomic E-state index is -0.540. The summed E-state index contributed by atoms with van der Waals surface area (Å²) >= 11 is 0. The highest BCUT2D eigenvalue weighted by Gasteiger charge is 2.08. The summed E-state index contributed by atoms with van der Waals surface area (Å²) in [6, 6.07) is 1.70. The molecule has 0 aromatic carbocycles. The molecule has 0 aliphatic carbocycles. The molecule has 6 nitrogen and oxygen atoms in total. The maximum Gasteiger partial charge on any atom is 0.376 e. The van der Waals surface area contributed by atoms with Gasteiger partial charge in [-0.2, -0.15) is 0 Å². The Kier molecular flexibility index (Phi) is 6.07.